The molecule has 1 unspecified atom stereocenters. The van der Waals surface area contributed by atoms with E-state index in [0.717, 1.165) is 22.5 Å². The number of amides is 1. The van der Waals surface area contributed by atoms with Gasteiger partial charge < -0.3 is 14.6 Å². The number of hydrogen-bond donors (Lipinski definition) is 2. The largest absolute Gasteiger partial charge is 0.366 e. The molecule has 0 bridgehead atoms. The SMILES string of the molecule is CCc1nc(C2CN(C(=O)c3cc4sccc4[nH]3)CCO2)n[nH]1. The maximum Gasteiger partial charge on any atom is 0.270 e. The highest BCUT2D eigenvalue weighted by Gasteiger charge is 2.29. The average molecular weight is 331 g/mol. The lowest BCUT2D eigenvalue weighted by Gasteiger charge is -2.31. The molecule has 1 saturated heterocycles. The molecule has 7 nitrogen and oxygen atoms in total. The molecule has 0 saturated carbocycles. The van der Waals surface area contributed by atoms with Crippen molar-refractivity contribution in [2.24, 2.45) is 0 Å². The first kappa shape index (κ1) is 14.4. The summed E-state index contributed by atoms with van der Waals surface area (Å²) >= 11 is 1.62. The Morgan fingerprint density at radius 3 is 3.26 bits per heavy atom. The van der Waals surface area contributed by atoms with E-state index in [1.54, 1.807) is 16.2 Å². The number of nitrogens with one attached hydrogen (secondary N) is 2. The highest BCUT2D eigenvalue weighted by molar-refractivity contribution is 7.17. The van der Waals surface area contributed by atoms with E-state index >= 15 is 0 Å². The number of aryl methyl sites for hydroxylation is 1. The van der Waals surface area contributed by atoms with E-state index in [4.69, 9.17) is 4.74 Å². The summed E-state index contributed by atoms with van der Waals surface area (Å²) in [6.45, 7) is 3.54. The summed E-state index contributed by atoms with van der Waals surface area (Å²) in [6.07, 6.45) is 0.516. The molecule has 2 N–H and O–H groups in total. The molecule has 3 aromatic rings. The van der Waals surface area contributed by atoms with Gasteiger partial charge >= 0.3 is 0 Å². The Kier molecular flexibility index (Phi) is 3.62. The number of H-pyrrole nitrogens is 2. The van der Waals surface area contributed by atoms with Crippen LogP contribution in [0.1, 0.15) is 35.2 Å². The topological polar surface area (TPSA) is 86.9 Å². The van der Waals surface area contributed by atoms with Crippen molar-refractivity contribution in [3.05, 3.63) is 34.9 Å². The first-order valence-corrected chi connectivity index (χ1v) is 8.51. The lowest BCUT2D eigenvalue weighted by atomic mass is 10.2. The molecule has 0 aliphatic carbocycles. The zero-order valence-corrected chi connectivity index (χ0v) is 13.5. The van der Waals surface area contributed by atoms with Crippen LogP contribution in [-0.4, -0.2) is 50.7 Å². The van der Waals surface area contributed by atoms with Crippen LogP contribution in [0.5, 0.6) is 0 Å². The van der Waals surface area contributed by atoms with Crippen molar-refractivity contribution in [3.8, 4) is 0 Å². The van der Waals surface area contributed by atoms with Crippen molar-refractivity contribution in [1.82, 2.24) is 25.1 Å². The molecule has 23 heavy (non-hydrogen) atoms. The van der Waals surface area contributed by atoms with Crippen molar-refractivity contribution in [3.63, 3.8) is 0 Å². The predicted molar refractivity (Wildman–Crippen MR) is 86.5 cm³/mol. The number of rotatable bonds is 3. The van der Waals surface area contributed by atoms with Crippen molar-refractivity contribution in [2.45, 2.75) is 19.4 Å². The number of morpholine rings is 1. The quantitative estimate of drug-likeness (QED) is 0.769. The van der Waals surface area contributed by atoms with Crippen LogP contribution >= 0.6 is 11.3 Å². The summed E-state index contributed by atoms with van der Waals surface area (Å²) in [4.78, 5) is 22.1. The second kappa shape index (κ2) is 5.78. The second-order valence-corrected chi connectivity index (χ2v) is 6.43. The molecule has 4 heterocycles. The molecule has 0 spiro atoms. The van der Waals surface area contributed by atoms with Gasteiger partial charge in [-0.2, -0.15) is 5.10 Å². The number of hydrogen-bond acceptors (Lipinski definition) is 5. The molecule has 120 valence electrons. The van der Waals surface area contributed by atoms with Crippen LogP contribution in [0.15, 0.2) is 17.5 Å². The molecule has 0 radical (unpaired) electrons. The fourth-order valence-electron chi connectivity index (χ4n) is 2.74. The van der Waals surface area contributed by atoms with E-state index in [9.17, 15) is 4.79 Å². The number of nitrogens with zero attached hydrogens (tertiary/aromatic N) is 3. The fraction of sp³-hybridized carbons (Fsp3) is 0.400. The number of carbonyl (C=O) groups is 1. The summed E-state index contributed by atoms with van der Waals surface area (Å²) in [6, 6.07) is 3.90. The third kappa shape index (κ3) is 2.64. The Morgan fingerprint density at radius 2 is 2.48 bits per heavy atom. The van der Waals surface area contributed by atoms with E-state index in [2.05, 4.69) is 20.2 Å². The first-order chi connectivity index (χ1) is 11.2. The second-order valence-electron chi connectivity index (χ2n) is 5.49. The third-order valence-electron chi connectivity index (χ3n) is 4.00. The molecule has 0 aromatic carbocycles. The minimum atomic E-state index is -0.277. The first-order valence-electron chi connectivity index (χ1n) is 7.63. The van der Waals surface area contributed by atoms with E-state index in [-0.39, 0.29) is 12.0 Å². The number of thiophene rings is 1. The zero-order valence-electron chi connectivity index (χ0n) is 12.7. The van der Waals surface area contributed by atoms with E-state index in [1.165, 1.54) is 0 Å². The maximum atomic E-state index is 12.7. The number of aromatic nitrogens is 4. The molecule has 1 aliphatic heterocycles. The molecular formula is C15H17N5O2S. The number of ether oxygens (including phenoxy) is 1. The van der Waals surface area contributed by atoms with Crippen molar-refractivity contribution in [1.29, 1.82) is 0 Å². The highest BCUT2D eigenvalue weighted by atomic mass is 32.1. The minimum Gasteiger partial charge on any atom is -0.366 e. The molecular weight excluding hydrogens is 314 g/mol. The van der Waals surface area contributed by atoms with E-state index in [0.29, 0.717) is 31.2 Å². The lowest BCUT2D eigenvalue weighted by molar-refractivity contribution is -0.0268. The van der Waals surface area contributed by atoms with E-state index in [1.807, 2.05) is 24.4 Å². The lowest BCUT2D eigenvalue weighted by Crippen LogP contribution is -2.42. The molecule has 1 amide bonds. The Hall–Kier alpha value is -2.19. The summed E-state index contributed by atoms with van der Waals surface area (Å²) in [7, 11) is 0. The molecule has 4 rings (SSSR count). The van der Waals surface area contributed by atoms with Gasteiger partial charge in [-0.15, -0.1) is 11.3 Å². The van der Waals surface area contributed by atoms with Crippen molar-refractivity contribution < 1.29 is 9.53 Å². The molecule has 1 fully saturated rings. The van der Waals surface area contributed by atoms with Gasteiger partial charge in [0.15, 0.2) is 5.82 Å². The summed E-state index contributed by atoms with van der Waals surface area (Å²) in [5.41, 5.74) is 1.63. The number of fused-ring (bicyclic) bond motifs is 1. The van der Waals surface area contributed by atoms with Crippen LogP contribution in [0.25, 0.3) is 10.2 Å². The Labute approximate surface area is 136 Å². The van der Waals surface area contributed by atoms with Gasteiger partial charge in [-0.25, -0.2) is 4.98 Å². The van der Waals surface area contributed by atoms with Crippen LogP contribution in [-0.2, 0) is 11.2 Å². The maximum absolute atomic E-state index is 12.7. The van der Waals surface area contributed by atoms with Crippen LogP contribution in [0, 0.1) is 0 Å². The van der Waals surface area contributed by atoms with E-state index < -0.39 is 0 Å². The summed E-state index contributed by atoms with van der Waals surface area (Å²) in [5, 5.41) is 9.10. The van der Waals surface area contributed by atoms with Gasteiger partial charge in [-0.1, -0.05) is 6.92 Å². The summed E-state index contributed by atoms with van der Waals surface area (Å²) in [5.74, 6) is 1.44. The Morgan fingerprint density at radius 1 is 1.57 bits per heavy atom. The molecule has 1 atom stereocenters. The molecule has 8 heteroatoms. The number of carbonyl (C=O) groups excluding carboxylic acids is 1. The van der Waals surface area contributed by atoms with Gasteiger partial charge in [0.05, 0.1) is 23.4 Å². The van der Waals surface area contributed by atoms with Crippen LogP contribution in [0.2, 0.25) is 0 Å². The standard InChI is InChI=1S/C15H17N5O2S/c1-2-13-17-14(19-18-13)11-8-20(4-5-22-11)15(21)10-7-12-9(16-10)3-6-23-12/h3,6-7,11,16H,2,4-5,8H2,1H3,(H,17,18,19). The number of aromatic amines is 2. The van der Waals surface area contributed by atoms with Gasteiger partial charge in [-0.3, -0.25) is 9.89 Å². The van der Waals surface area contributed by atoms with Crippen LogP contribution in [0.3, 0.4) is 0 Å². The van der Waals surface area contributed by atoms with Gasteiger partial charge in [0.1, 0.15) is 17.6 Å². The fourth-order valence-corrected chi connectivity index (χ4v) is 3.52. The smallest absolute Gasteiger partial charge is 0.270 e. The van der Waals surface area contributed by atoms with Gasteiger partial charge in [0.25, 0.3) is 5.91 Å². The van der Waals surface area contributed by atoms with Crippen LogP contribution < -0.4 is 0 Å². The third-order valence-corrected chi connectivity index (χ3v) is 4.86. The van der Waals surface area contributed by atoms with Crippen molar-refractivity contribution in [2.75, 3.05) is 19.7 Å². The normalized spacial score (nSPS) is 18.7. The predicted octanol–water partition coefficient (Wildman–Crippen LogP) is 2.12. The van der Waals surface area contributed by atoms with Gasteiger partial charge in [-0.05, 0) is 17.5 Å². The molecule has 1 aliphatic rings. The zero-order chi connectivity index (χ0) is 15.8. The molecule has 3 aromatic heterocycles. The van der Waals surface area contributed by atoms with Gasteiger partial charge in [0, 0.05) is 13.0 Å². The van der Waals surface area contributed by atoms with Crippen molar-refractivity contribution >= 4 is 27.5 Å². The monoisotopic (exact) mass is 331 g/mol. The highest BCUT2D eigenvalue weighted by Crippen LogP contribution is 2.24. The summed E-state index contributed by atoms with van der Waals surface area (Å²) < 4.78 is 6.83. The van der Waals surface area contributed by atoms with Gasteiger partial charge in [0.2, 0.25) is 0 Å². The Balaban J connectivity index is 1.52. The minimum absolute atomic E-state index is 0.00653. The van der Waals surface area contributed by atoms with Crippen LogP contribution in [0.4, 0.5) is 0 Å². The Bertz CT molecular complexity index is 807. The average Bonchev–Trinajstić information content (AvgIpc) is 3.29.